The fourth-order valence-electron chi connectivity index (χ4n) is 2.14. The van der Waals surface area contributed by atoms with Gasteiger partial charge in [-0.15, -0.1) is 0 Å². The summed E-state index contributed by atoms with van der Waals surface area (Å²) in [7, 11) is 1.81. The number of aromatic nitrogens is 1. The van der Waals surface area contributed by atoms with Crippen molar-refractivity contribution in [2.75, 3.05) is 7.05 Å². The van der Waals surface area contributed by atoms with E-state index in [0.29, 0.717) is 11.6 Å². The van der Waals surface area contributed by atoms with E-state index < -0.39 is 0 Å². The minimum atomic E-state index is -0.283. The Kier molecular flexibility index (Phi) is 4.27. The van der Waals surface area contributed by atoms with Crippen molar-refractivity contribution in [2.45, 2.75) is 25.8 Å². The fraction of sp³-hybridized carbons (Fsp3) is 0.312. The van der Waals surface area contributed by atoms with Gasteiger partial charge in [0.1, 0.15) is 5.82 Å². The van der Waals surface area contributed by atoms with E-state index in [1.54, 1.807) is 12.3 Å². The number of nitrogens with one attached hydrogen (secondary N) is 1. The van der Waals surface area contributed by atoms with Crippen LogP contribution >= 0.6 is 0 Å². The highest BCUT2D eigenvalue weighted by Crippen LogP contribution is 2.24. The zero-order valence-electron chi connectivity index (χ0n) is 11.5. The molecule has 0 amide bonds. The lowest BCUT2D eigenvalue weighted by atomic mass is 9.97. The predicted molar refractivity (Wildman–Crippen MR) is 75.6 cm³/mol. The molecule has 1 heterocycles. The summed E-state index contributed by atoms with van der Waals surface area (Å²) >= 11 is 0. The lowest BCUT2D eigenvalue weighted by Crippen LogP contribution is -2.20. The van der Waals surface area contributed by atoms with Gasteiger partial charge in [-0.25, -0.2) is 4.39 Å². The Morgan fingerprint density at radius 3 is 2.21 bits per heavy atom. The van der Waals surface area contributed by atoms with Gasteiger partial charge in [0.25, 0.3) is 0 Å². The Morgan fingerprint density at radius 1 is 1.05 bits per heavy atom. The van der Waals surface area contributed by atoms with Crippen molar-refractivity contribution in [3.63, 3.8) is 0 Å². The number of halogens is 1. The predicted octanol–water partition coefficient (Wildman–Crippen LogP) is 3.65. The molecule has 0 aliphatic carbocycles. The Balaban J connectivity index is 2.35. The second-order valence-electron chi connectivity index (χ2n) is 4.91. The highest BCUT2D eigenvalue weighted by Gasteiger charge is 2.17. The molecule has 1 aromatic carbocycles. The van der Waals surface area contributed by atoms with Gasteiger partial charge in [-0.1, -0.05) is 38.1 Å². The van der Waals surface area contributed by atoms with Crippen LogP contribution in [0.4, 0.5) is 4.39 Å². The lowest BCUT2D eigenvalue weighted by Gasteiger charge is -2.17. The molecule has 0 fully saturated rings. The van der Waals surface area contributed by atoms with E-state index in [4.69, 9.17) is 0 Å². The molecule has 1 atom stereocenters. The Hall–Kier alpha value is -1.74. The second-order valence-corrected chi connectivity index (χ2v) is 4.91. The second kappa shape index (κ2) is 5.93. The number of rotatable bonds is 4. The first kappa shape index (κ1) is 13.7. The van der Waals surface area contributed by atoms with Crippen LogP contribution < -0.4 is 5.32 Å². The fourth-order valence-corrected chi connectivity index (χ4v) is 2.14. The van der Waals surface area contributed by atoms with Crippen molar-refractivity contribution in [1.82, 2.24) is 10.3 Å². The number of benzene rings is 1. The van der Waals surface area contributed by atoms with Crippen LogP contribution in [0.3, 0.4) is 0 Å². The smallest absolute Gasteiger partial charge is 0.146 e. The van der Waals surface area contributed by atoms with Gasteiger partial charge in [0, 0.05) is 6.20 Å². The first-order chi connectivity index (χ1) is 9.13. The maximum Gasteiger partial charge on any atom is 0.146 e. The summed E-state index contributed by atoms with van der Waals surface area (Å²) < 4.78 is 13.8. The SMILES string of the molecule is CNC(c1ccc(C(C)C)cc1)c1ncccc1F. The first-order valence-corrected chi connectivity index (χ1v) is 6.51. The van der Waals surface area contributed by atoms with Gasteiger partial charge in [-0.2, -0.15) is 0 Å². The molecule has 1 aromatic heterocycles. The quantitative estimate of drug-likeness (QED) is 0.905. The molecule has 1 N–H and O–H groups in total. The largest absolute Gasteiger partial charge is 0.308 e. The topological polar surface area (TPSA) is 24.9 Å². The van der Waals surface area contributed by atoms with Crippen LogP contribution in [-0.2, 0) is 0 Å². The van der Waals surface area contributed by atoms with Crippen molar-refractivity contribution >= 4 is 0 Å². The van der Waals surface area contributed by atoms with E-state index in [2.05, 4.69) is 36.3 Å². The van der Waals surface area contributed by atoms with Gasteiger partial charge in [0.15, 0.2) is 0 Å². The average molecular weight is 258 g/mol. The molecule has 0 radical (unpaired) electrons. The molecule has 2 aromatic rings. The number of pyridine rings is 1. The van der Waals surface area contributed by atoms with Crippen molar-refractivity contribution in [2.24, 2.45) is 0 Å². The summed E-state index contributed by atoms with van der Waals surface area (Å²) in [6.45, 7) is 4.31. The monoisotopic (exact) mass is 258 g/mol. The zero-order valence-corrected chi connectivity index (χ0v) is 11.5. The maximum absolute atomic E-state index is 13.8. The van der Waals surface area contributed by atoms with E-state index in [0.717, 1.165) is 5.56 Å². The van der Waals surface area contributed by atoms with Crippen LogP contribution in [0.1, 0.15) is 42.6 Å². The molecular formula is C16H19FN2. The molecule has 0 saturated carbocycles. The van der Waals surface area contributed by atoms with Crippen molar-refractivity contribution < 1.29 is 4.39 Å². The Morgan fingerprint density at radius 2 is 1.68 bits per heavy atom. The summed E-state index contributed by atoms with van der Waals surface area (Å²) in [5, 5.41) is 3.12. The zero-order chi connectivity index (χ0) is 13.8. The summed E-state index contributed by atoms with van der Waals surface area (Å²) in [5.41, 5.74) is 2.73. The third kappa shape index (κ3) is 2.99. The van der Waals surface area contributed by atoms with Gasteiger partial charge >= 0.3 is 0 Å². The summed E-state index contributed by atoms with van der Waals surface area (Å²) in [5.74, 6) is 0.212. The molecule has 19 heavy (non-hydrogen) atoms. The van der Waals surface area contributed by atoms with Crippen LogP contribution in [0.25, 0.3) is 0 Å². The highest BCUT2D eigenvalue weighted by atomic mass is 19.1. The molecule has 1 unspecified atom stereocenters. The van der Waals surface area contributed by atoms with Crippen molar-refractivity contribution in [3.05, 3.63) is 65.2 Å². The number of nitrogens with zero attached hydrogens (tertiary/aromatic N) is 1. The molecule has 0 aliphatic heterocycles. The molecule has 2 rings (SSSR count). The minimum absolute atomic E-state index is 0.220. The van der Waals surface area contributed by atoms with Gasteiger partial charge in [-0.3, -0.25) is 4.98 Å². The van der Waals surface area contributed by atoms with Gasteiger partial charge in [0.2, 0.25) is 0 Å². The molecule has 0 saturated heterocycles. The molecule has 0 aliphatic rings. The summed E-state index contributed by atoms with van der Waals surface area (Å²) in [4.78, 5) is 4.15. The van der Waals surface area contributed by atoms with Crippen molar-refractivity contribution in [1.29, 1.82) is 0 Å². The van der Waals surface area contributed by atoms with Gasteiger partial charge in [-0.05, 0) is 36.2 Å². The first-order valence-electron chi connectivity index (χ1n) is 6.51. The third-order valence-corrected chi connectivity index (χ3v) is 3.29. The van der Waals surface area contributed by atoms with Crippen LogP contribution in [0.5, 0.6) is 0 Å². The Labute approximate surface area is 113 Å². The maximum atomic E-state index is 13.8. The van der Waals surface area contributed by atoms with E-state index in [1.807, 2.05) is 19.2 Å². The third-order valence-electron chi connectivity index (χ3n) is 3.29. The highest BCUT2D eigenvalue weighted by molar-refractivity contribution is 5.32. The van der Waals surface area contributed by atoms with E-state index in [-0.39, 0.29) is 11.9 Å². The number of hydrogen-bond acceptors (Lipinski definition) is 2. The molecular weight excluding hydrogens is 239 g/mol. The molecule has 100 valence electrons. The molecule has 2 nitrogen and oxygen atoms in total. The average Bonchev–Trinajstić information content (AvgIpc) is 2.42. The van der Waals surface area contributed by atoms with Gasteiger partial charge < -0.3 is 5.32 Å². The summed E-state index contributed by atoms with van der Waals surface area (Å²) in [6.07, 6.45) is 1.62. The molecule has 3 heteroatoms. The normalized spacial score (nSPS) is 12.7. The van der Waals surface area contributed by atoms with Gasteiger partial charge in [0.05, 0.1) is 11.7 Å². The summed E-state index contributed by atoms with van der Waals surface area (Å²) in [6, 6.07) is 11.1. The minimum Gasteiger partial charge on any atom is -0.308 e. The van der Waals surface area contributed by atoms with E-state index in [1.165, 1.54) is 11.6 Å². The Bertz CT molecular complexity index is 535. The van der Waals surface area contributed by atoms with E-state index >= 15 is 0 Å². The van der Waals surface area contributed by atoms with Crippen LogP contribution in [0.2, 0.25) is 0 Å². The lowest BCUT2D eigenvalue weighted by molar-refractivity contribution is 0.560. The van der Waals surface area contributed by atoms with Crippen LogP contribution in [-0.4, -0.2) is 12.0 Å². The standard InChI is InChI=1S/C16H19FN2/c1-11(2)12-6-8-13(9-7-12)15(18-3)16-14(17)5-4-10-19-16/h4-11,15,18H,1-3H3. The number of hydrogen-bond donors (Lipinski definition) is 1. The van der Waals surface area contributed by atoms with Crippen LogP contribution in [0.15, 0.2) is 42.6 Å². The molecule has 0 bridgehead atoms. The van der Waals surface area contributed by atoms with Crippen molar-refractivity contribution in [3.8, 4) is 0 Å². The van der Waals surface area contributed by atoms with Crippen LogP contribution in [0, 0.1) is 5.82 Å². The van der Waals surface area contributed by atoms with E-state index in [9.17, 15) is 4.39 Å². The molecule has 0 spiro atoms.